The largest absolute Gasteiger partial charge is 0.103 e. The Labute approximate surface area is 154 Å². The molecule has 24 heavy (non-hydrogen) atoms. The van der Waals surface area contributed by atoms with Gasteiger partial charge in [0.05, 0.1) is 0 Å². The minimum absolute atomic E-state index is 0.809. The molecule has 0 unspecified atom stereocenters. The number of unbranched alkanes of at least 4 members (excludes halogenated alkanes) is 15. The summed E-state index contributed by atoms with van der Waals surface area (Å²) in [7, 11) is 0. The summed E-state index contributed by atoms with van der Waals surface area (Å²) in [6.07, 6.45) is 30.7. The van der Waals surface area contributed by atoms with Gasteiger partial charge in [-0.2, -0.15) is 0 Å². The zero-order chi connectivity index (χ0) is 17.7. The van der Waals surface area contributed by atoms with E-state index in [1.54, 1.807) is 0 Å². The summed E-state index contributed by atoms with van der Waals surface area (Å²) in [4.78, 5) is 0. The van der Waals surface area contributed by atoms with E-state index in [2.05, 4.69) is 32.6 Å². The smallest absolute Gasteiger partial charge is 0.0327 e. The molecule has 0 radical (unpaired) electrons. The first kappa shape index (κ1) is 23.5. The Balaban J connectivity index is 3.02. The van der Waals surface area contributed by atoms with Crippen LogP contribution in [0.3, 0.4) is 0 Å². The van der Waals surface area contributed by atoms with Crippen LogP contribution in [0.15, 0.2) is 24.8 Å². The van der Waals surface area contributed by atoms with Crippen LogP contribution < -0.4 is 0 Å². The van der Waals surface area contributed by atoms with Gasteiger partial charge in [0.15, 0.2) is 0 Å². The molecule has 0 aromatic carbocycles. The van der Waals surface area contributed by atoms with E-state index < -0.39 is 0 Å². The summed E-state index contributed by atoms with van der Waals surface area (Å²) in [5.74, 6) is 0.809. The molecule has 0 rings (SSSR count). The maximum absolute atomic E-state index is 3.78. The first-order valence-corrected chi connectivity index (χ1v) is 11.0. The van der Waals surface area contributed by atoms with Crippen LogP contribution in [-0.4, -0.2) is 0 Å². The topological polar surface area (TPSA) is 0 Å². The van der Waals surface area contributed by atoms with Crippen LogP contribution in [0.5, 0.6) is 0 Å². The molecule has 0 fully saturated rings. The van der Waals surface area contributed by atoms with Gasteiger partial charge in [0.1, 0.15) is 0 Å². The van der Waals surface area contributed by atoms with Gasteiger partial charge in [0.2, 0.25) is 0 Å². The van der Waals surface area contributed by atoms with Gasteiger partial charge in [-0.1, -0.05) is 109 Å². The van der Waals surface area contributed by atoms with E-state index in [4.69, 9.17) is 0 Å². The van der Waals surface area contributed by atoms with E-state index in [-0.39, 0.29) is 0 Å². The normalized spacial score (nSPS) is 11.6. The van der Waals surface area contributed by atoms with Crippen LogP contribution in [0.1, 0.15) is 123 Å². The molecule has 0 heterocycles. The molecule has 0 atom stereocenters. The fraction of sp³-hybridized carbons (Fsp3) is 0.833. The van der Waals surface area contributed by atoms with Crippen molar-refractivity contribution in [2.75, 3.05) is 0 Å². The van der Waals surface area contributed by atoms with Crippen LogP contribution >= 0.6 is 0 Å². The second-order valence-corrected chi connectivity index (χ2v) is 7.92. The Hall–Kier alpha value is -0.520. The van der Waals surface area contributed by atoms with Crippen LogP contribution in [0.25, 0.3) is 0 Å². The van der Waals surface area contributed by atoms with Crippen molar-refractivity contribution >= 4 is 0 Å². The molecule has 0 bridgehead atoms. The highest BCUT2D eigenvalue weighted by atomic mass is 14.0. The van der Waals surface area contributed by atoms with Crippen LogP contribution in [0.4, 0.5) is 0 Å². The summed E-state index contributed by atoms with van der Waals surface area (Å²) in [5.41, 5.74) is 0. The van der Waals surface area contributed by atoms with Gasteiger partial charge < -0.3 is 0 Å². The molecular weight excluding hydrogens is 288 g/mol. The Bertz CT molecular complexity index is 261. The summed E-state index contributed by atoms with van der Waals surface area (Å²) >= 11 is 0. The van der Waals surface area contributed by atoms with Crippen molar-refractivity contribution in [1.82, 2.24) is 0 Å². The van der Waals surface area contributed by atoms with Crippen LogP contribution in [0.2, 0.25) is 0 Å². The minimum atomic E-state index is 0.809. The first-order valence-electron chi connectivity index (χ1n) is 11.0. The van der Waals surface area contributed by atoms with Gasteiger partial charge >= 0.3 is 0 Å². The maximum atomic E-state index is 3.78. The Morgan fingerprint density at radius 3 is 1.29 bits per heavy atom. The fourth-order valence-corrected chi connectivity index (χ4v) is 3.16. The van der Waals surface area contributed by atoms with E-state index in [0.717, 1.165) is 5.92 Å². The molecule has 0 spiro atoms. The van der Waals surface area contributed by atoms with E-state index in [9.17, 15) is 0 Å². The molecule has 0 nitrogen and oxygen atoms in total. The second kappa shape index (κ2) is 20.5. The minimum Gasteiger partial charge on any atom is -0.103 e. The van der Waals surface area contributed by atoms with Crippen molar-refractivity contribution in [3.8, 4) is 0 Å². The zero-order valence-corrected chi connectivity index (χ0v) is 17.0. The number of hydrogen-bond donors (Lipinski definition) is 0. The van der Waals surface area contributed by atoms with Gasteiger partial charge in [0.25, 0.3) is 0 Å². The van der Waals surface area contributed by atoms with Crippen molar-refractivity contribution < 1.29 is 0 Å². The predicted octanol–water partition coefficient (Wildman–Crippen LogP) is 9.02. The molecule has 0 aliphatic rings. The lowest BCUT2D eigenvalue weighted by Crippen LogP contribution is -1.83. The molecule has 0 aromatic rings. The highest BCUT2D eigenvalue weighted by Gasteiger charge is 1.94. The molecular formula is C24H46. The zero-order valence-electron chi connectivity index (χ0n) is 17.0. The van der Waals surface area contributed by atoms with Gasteiger partial charge in [-0.25, -0.2) is 0 Å². The van der Waals surface area contributed by atoms with Crippen molar-refractivity contribution in [1.29, 1.82) is 0 Å². The highest BCUT2D eigenvalue weighted by Crippen LogP contribution is 2.14. The quantitative estimate of drug-likeness (QED) is 0.163. The number of hydrogen-bond acceptors (Lipinski definition) is 0. The van der Waals surface area contributed by atoms with Crippen LogP contribution in [-0.2, 0) is 0 Å². The SMILES string of the molecule is C=CCCCCCCCCCCCCCCCCC=CCC(C)C. The number of allylic oxidation sites excluding steroid dienone is 3. The van der Waals surface area contributed by atoms with E-state index in [0.29, 0.717) is 0 Å². The molecule has 0 saturated heterocycles. The maximum Gasteiger partial charge on any atom is -0.0327 e. The lowest BCUT2D eigenvalue weighted by atomic mass is 10.0. The van der Waals surface area contributed by atoms with Crippen molar-refractivity contribution in [2.24, 2.45) is 5.92 Å². The molecule has 0 N–H and O–H groups in total. The second-order valence-electron chi connectivity index (χ2n) is 7.92. The van der Waals surface area contributed by atoms with E-state index in [1.807, 2.05) is 6.08 Å². The van der Waals surface area contributed by atoms with Crippen molar-refractivity contribution in [3.63, 3.8) is 0 Å². The summed E-state index contributed by atoms with van der Waals surface area (Å²) < 4.78 is 0. The molecule has 0 aromatic heterocycles. The molecule has 0 amide bonds. The number of rotatable bonds is 19. The highest BCUT2D eigenvalue weighted by molar-refractivity contribution is 4.82. The average molecular weight is 335 g/mol. The van der Waals surface area contributed by atoms with Gasteiger partial charge in [-0.15, -0.1) is 6.58 Å². The Morgan fingerprint density at radius 2 is 0.917 bits per heavy atom. The lowest BCUT2D eigenvalue weighted by molar-refractivity contribution is 0.534. The molecule has 0 saturated carbocycles. The van der Waals surface area contributed by atoms with E-state index >= 15 is 0 Å². The Morgan fingerprint density at radius 1 is 0.542 bits per heavy atom. The van der Waals surface area contributed by atoms with Crippen molar-refractivity contribution in [3.05, 3.63) is 24.8 Å². The fourth-order valence-electron chi connectivity index (χ4n) is 3.16. The average Bonchev–Trinajstić information content (AvgIpc) is 2.56. The van der Waals surface area contributed by atoms with E-state index in [1.165, 1.54) is 109 Å². The monoisotopic (exact) mass is 334 g/mol. The summed E-state index contributed by atoms with van der Waals surface area (Å²) in [6.45, 7) is 8.35. The molecule has 0 aliphatic carbocycles. The summed E-state index contributed by atoms with van der Waals surface area (Å²) in [5, 5.41) is 0. The molecule has 0 heteroatoms. The third kappa shape index (κ3) is 21.5. The lowest BCUT2D eigenvalue weighted by Gasteiger charge is -2.03. The van der Waals surface area contributed by atoms with Crippen LogP contribution in [0, 0.1) is 5.92 Å². The first-order chi connectivity index (χ1) is 11.8. The van der Waals surface area contributed by atoms with Gasteiger partial charge in [-0.05, 0) is 38.0 Å². The third-order valence-electron chi connectivity index (χ3n) is 4.80. The van der Waals surface area contributed by atoms with Gasteiger partial charge in [-0.3, -0.25) is 0 Å². The predicted molar refractivity (Wildman–Crippen MR) is 113 cm³/mol. The van der Waals surface area contributed by atoms with Crippen molar-refractivity contribution in [2.45, 2.75) is 123 Å². The third-order valence-corrected chi connectivity index (χ3v) is 4.80. The Kier molecular flexibility index (Phi) is 20.1. The standard InChI is InChI=1S/C24H46/c1-4-5-6-7-8-9-10-11-12-13-14-15-16-17-18-19-20-21-22-23-24(2)3/h4,21-22,24H,1,5-20,23H2,2-3H3. The van der Waals surface area contributed by atoms with Gasteiger partial charge in [0, 0.05) is 0 Å². The summed E-state index contributed by atoms with van der Waals surface area (Å²) in [6, 6.07) is 0. The molecule has 0 aliphatic heterocycles. The molecule has 142 valence electrons.